The van der Waals surface area contributed by atoms with Gasteiger partial charge in [-0.25, -0.2) is 8.78 Å². The van der Waals surface area contributed by atoms with E-state index in [4.69, 9.17) is 0 Å². The fraction of sp³-hybridized carbons (Fsp3) is 0.400. The van der Waals surface area contributed by atoms with E-state index >= 15 is 0 Å². The summed E-state index contributed by atoms with van der Waals surface area (Å²) in [4.78, 5) is 0. The molecule has 0 rings (SSSR count). The summed E-state index contributed by atoms with van der Waals surface area (Å²) in [6, 6.07) is 0. The summed E-state index contributed by atoms with van der Waals surface area (Å²) in [5.74, 6) is -1.67. The second-order valence-corrected chi connectivity index (χ2v) is 2.76. The lowest BCUT2D eigenvalue weighted by Gasteiger charge is -2.06. The van der Waals surface area contributed by atoms with E-state index in [1.807, 2.05) is 0 Å². The minimum atomic E-state index is -0.821. The van der Waals surface area contributed by atoms with E-state index in [0.717, 1.165) is 6.08 Å². The van der Waals surface area contributed by atoms with Gasteiger partial charge < -0.3 is 0 Å². The molecule has 0 aliphatic carbocycles. The van der Waals surface area contributed by atoms with E-state index < -0.39 is 11.7 Å². The molecule has 0 aliphatic rings. The number of allylic oxidation sites excluding steroid dienone is 5. The third-order valence-corrected chi connectivity index (χ3v) is 1.56. The minimum Gasteiger partial charge on any atom is -0.204 e. The Morgan fingerprint density at radius 3 is 2.08 bits per heavy atom. The van der Waals surface area contributed by atoms with Gasteiger partial charge in [-0.1, -0.05) is 26.5 Å². The molecule has 0 atom stereocenters. The van der Waals surface area contributed by atoms with Crippen molar-refractivity contribution in [1.29, 1.82) is 0 Å². The van der Waals surface area contributed by atoms with Crippen molar-refractivity contribution in [3.05, 3.63) is 36.0 Å². The van der Waals surface area contributed by atoms with Crippen LogP contribution in [-0.2, 0) is 0 Å². The van der Waals surface area contributed by atoms with Gasteiger partial charge in [-0.05, 0) is 24.5 Å². The molecule has 12 heavy (non-hydrogen) atoms. The first-order chi connectivity index (χ1) is 5.54. The molecule has 0 aromatic carbocycles. The molecule has 2 heteroatoms. The van der Waals surface area contributed by atoms with Crippen molar-refractivity contribution < 1.29 is 8.78 Å². The minimum absolute atomic E-state index is 0.0480. The fourth-order valence-electron chi connectivity index (χ4n) is 0.843. The predicted octanol–water partition coefficient (Wildman–Crippen LogP) is 3.93. The Kier molecular flexibility index (Phi) is 4.49. The molecular weight excluding hydrogens is 158 g/mol. The molecule has 0 aromatic rings. The first kappa shape index (κ1) is 11.1. The summed E-state index contributed by atoms with van der Waals surface area (Å²) in [6.07, 6.45) is 2.45. The smallest absolute Gasteiger partial charge is 0.161 e. The zero-order chi connectivity index (χ0) is 9.72. The molecule has 0 aliphatic heterocycles. The Morgan fingerprint density at radius 1 is 1.33 bits per heavy atom. The van der Waals surface area contributed by atoms with E-state index in [1.54, 1.807) is 13.8 Å². The molecule has 0 fully saturated rings. The van der Waals surface area contributed by atoms with Crippen molar-refractivity contribution in [2.45, 2.75) is 20.8 Å². The topological polar surface area (TPSA) is 0 Å². The lowest BCUT2D eigenvalue weighted by molar-refractivity contribution is 0.527. The van der Waals surface area contributed by atoms with E-state index in [9.17, 15) is 8.78 Å². The van der Waals surface area contributed by atoms with Crippen molar-refractivity contribution in [1.82, 2.24) is 0 Å². The SMILES string of the molecule is C=C/C(=C(F)\C(F)=C\C)C(C)C. The van der Waals surface area contributed by atoms with E-state index in [-0.39, 0.29) is 5.92 Å². The van der Waals surface area contributed by atoms with Crippen LogP contribution in [0.3, 0.4) is 0 Å². The zero-order valence-corrected chi connectivity index (χ0v) is 7.70. The second kappa shape index (κ2) is 4.86. The highest BCUT2D eigenvalue weighted by atomic mass is 19.2. The maximum absolute atomic E-state index is 13.1. The van der Waals surface area contributed by atoms with Crippen LogP contribution in [0.4, 0.5) is 8.78 Å². The van der Waals surface area contributed by atoms with Crippen LogP contribution in [0.15, 0.2) is 36.0 Å². The van der Waals surface area contributed by atoms with Crippen LogP contribution in [0.2, 0.25) is 0 Å². The highest BCUT2D eigenvalue weighted by molar-refractivity contribution is 5.32. The van der Waals surface area contributed by atoms with Crippen molar-refractivity contribution in [3.8, 4) is 0 Å². The first-order valence-electron chi connectivity index (χ1n) is 3.88. The van der Waals surface area contributed by atoms with Crippen LogP contribution in [-0.4, -0.2) is 0 Å². The number of hydrogen-bond donors (Lipinski definition) is 0. The summed E-state index contributed by atoms with van der Waals surface area (Å²) in [5, 5.41) is 0. The average Bonchev–Trinajstić information content (AvgIpc) is 2.03. The van der Waals surface area contributed by atoms with Crippen molar-refractivity contribution in [2.75, 3.05) is 0 Å². The molecule has 0 amide bonds. The van der Waals surface area contributed by atoms with Crippen molar-refractivity contribution in [3.63, 3.8) is 0 Å². The third-order valence-electron chi connectivity index (χ3n) is 1.56. The van der Waals surface area contributed by atoms with Gasteiger partial charge in [0.2, 0.25) is 0 Å². The molecule has 0 radical (unpaired) electrons. The van der Waals surface area contributed by atoms with Crippen LogP contribution in [0, 0.1) is 5.92 Å². The number of rotatable bonds is 3. The maximum Gasteiger partial charge on any atom is 0.161 e. The van der Waals surface area contributed by atoms with Gasteiger partial charge in [0.05, 0.1) is 0 Å². The van der Waals surface area contributed by atoms with Crippen LogP contribution >= 0.6 is 0 Å². The normalized spacial score (nSPS) is 14.7. The molecule has 0 nitrogen and oxygen atoms in total. The molecule has 0 bridgehead atoms. The van der Waals surface area contributed by atoms with Crippen molar-refractivity contribution in [2.24, 2.45) is 5.92 Å². The second-order valence-electron chi connectivity index (χ2n) is 2.76. The van der Waals surface area contributed by atoms with Crippen LogP contribution in [0.5, 0.6) is 0 Å². The Bertz CT molecular complexity index is 222. The van der Waals surface area contributed by atoms with Crippen molar-refractivity contribution >= 4 is 0 Å². The highest BCUT2D eigenvalue weighted by Gasteiger charge is 2.10. The Labute approximate surface area is 72.3 Å². The third kappa shape index (κ3) is 2.61. The molecule has 0 aromatic heterocycles. The molecule has 0 unspecified atom stereocenters. The average molecular weight is 172 g/mol. The lowest BCUT2D eigenvalue weighted by atomic mass is 10.0. The summed E-state index contributed by atoms with van der Waals surface area (Å²) < 4.78 is 25.8. The largest absolute Gasteiger partial charge is 0.204 e. The van der Waals surface area contributed by atoms with Gasteiger partial charge >= 0.3 is 0 Å². The highest BCUT2D eigenvalue weighted by Crippen LogP contribution is 2.23. The fourth-order valence-corrected chi connectivity index (χ4v) is 0.843. The van der Waals surface area contributed by atoms with Crippen LogP contribution < -0.4 is 0 Å². The molecule has 0 N–H and O–H groups in total. The summed E-state index contributed by atoms with van der Waals surface area (Å²) in [7, 11) is 0. The van der Waals surface area contributed by atoms with Gasteiger partial charge in [-0.15, -0.1) is 0 Å². The van der Waals surface area contributed by atoms with Gasteiger partial charge in [0.15, 0.2) is 11.7 Å². The Morgan fingerprint density at radius 2 is 1.83 bits per heavy atom. The van der Waals surface area contributed by atoms with Gasteiger partial charge in [0.1, 0.15) is 0 Å². The molecule has 68 valence electrons. The molecule has 0 saturated heterocycles. The summed E-state index contributed by atoms with van der Waals surface area (Å²) in [6.45, 7) is 8.46. The van der Waals surface area contributed by atoms with E-state index in [2.05, 4.69) is 6.58 Å². The predicted molar refractivity (Wildman–Crippen MR) is 48.0 cm³/mol. The Balaban J connectivity index is 4.97. The molecular formula is C10H14F2. The molecule has 0 saturated carbocycles. The van der Waals surface area contributed by atoms with Gasteiger partial charge in [-0.3, -0.25) is 0 Å². The van der Waals surface area contributed by atoms with Gasteiger partial charge in [0.25, 0.3) is 0 Å². The summed E-state index contributed by atoms with van der Waals surface area (Å²) >= 11 is 0. The Hall–Kier alpha value is -0.920. The van der Waals surface area contributed by atoms with E-state index in [0.29, 0.717) is 5.57 Å². The van der Waals surface area contributed by atoms with Gasteiger partial charge in [0, 0.05) is 0 Å². The van der Waals surface area contributed by atoms with Crippen LogP contribution in [0.1, 0.15) is 20.8 Å². The standard InChI is InChI=1S/C10H14F2/c1-5-8(7(3)4)10(12)9(11)6-2/h5-7H,1H2,2-4H3/b9-6-,10-8-. The molecule has 0 spiro atoms. The van der Waals surface area contributed by atoms with Crippen LogP contribution in [0.25, 0.3) is 0 Å². The summed E-state index contributed by atoms with van der Waals surface area (Å²) in [5.41, 5.74) is 0.311. The quantitative estimate of drug-likeness (QED) is 0.566. The molecule has 0 heterocycles. The number of halogens is 2. The first-order valence-corrected chi connectivity index (χ1v) is 3.88. The monoisotopic (exact) mass is 172 g/mol. The maximum atomic E-state index is 13.1. The zero-order valence-electron chi connectivity index (χ0n) is 7.70. The van der Waals surface area contributed by atoms with Gasteiger partial charge in [-0.2, -0.15) is 0 Å². The van der Waals surface area contributed by atoms with E-state index in [1.165, 1.54) is 13.0 Å². The lowest BCUT2D eigenvalue weighted by Crippen LogP contribution is -1.94. The number of hydrogen-bond acceptors (Lipinski definition) is 0.